The SMILES string of the molecule is COc1ccc2c(c1)C(CCC[NH+]1CCCC(C)(C)C1)CCC2.[Cl-]. The highest BCUT2D eigenvalue weighted by Crippen LogP contribution is 2.36. The predicted octanol–water partition coefficient (Wildman–Crippen LogP) is 0.604. The van der Waals surface area contributed by atoms with Crippen LogP contribution in [0.4, 0.5) is 0 Å². The first-order chi connectivity index (χ1) is 11.1. The van der Waals surface area contributed by atoms with Gasteiger partial charge in [-0.1, -0.05) is 19.9 Å². The van der Waals surface area contributed by atoms with E-state index >= 15 is 0 Å². The van der Waals surface area contributed by atoms with Crippen molar-refractivity contribution in [3.63, 3.8) is 0 Å². The molecule has 0 saturated carbocycles. The lowest BCUT2D eigenvalue weighted by atomic mass is 9.80. The Morgan fingerprint density at radius 2 is 2.08 bits per heavy atom. The Kier molecular flexibility index (Phi) is 7.00. The lowest BCUT2D eigenvalue weighted by Crippen LogP contribution is -3.14. The fourth-order valence-corrected chi connectivity index (χ4v) is 4.78. The van der Waals surface area contributed by atoms with E-state index < -0.39 is 0 Å². The third kappa shape index (κ3) is 4.89. The maximum Gasteiger partial charge on any atom is 0.119 e. The first kappa shape index (κ1) is 19.6. The highest BCUT2D eigenvalue weighted by atomic mass is 35.5. The molecule has 1 aliphatic heterocycles. The Morgan fingerprint density at radius 3 is 2.83 bits per heavy atom. The highest BCUT2D eigenvalue weighted by molar-refractivity contribution is 5.39. The number of piperidine rings is 1. The van der Waals surface area contributed by atoms with Gasteiger partial charge in [-0.05, 0) is 74.1 Å². The summed E-state index contributed by atoms with van der Waals surface area (Å²) in [4.78, 5) is 1.84. The zero-order valence-electron chi connectivity index (χ0n) is 15.7. The Morgan fingerprint density at radius 1 is 1.25 bits per heavy atom. The number of rotatable bonds is 5. The molecule has 2 atom stereocenters. The number of hydrogen-bond acceptors (Lipinski definition) is 1. The Labute approximate surface area is 154 Å². The number of halogens is 1. The highest BCUT2D eigenvalue weighted by Gasteiger charge is 2.29. The number of aryl methyl sites for hydroxylation is 1. The molecule has 1 N–H and O–H groups in total. The largest absolute Gasteiger partial charge is 1.00 e. The summed E-state index contributed by atoms with van der Waals surface area (Å²) >= 11 is 0. The summed E-state index contributed by atoms with van der Waals surface area (Å²) in [6.45, 7) is 8.99. The summed E-state index contributed by atoms with van der Waals surface area (Å²) in [6.07, 6.45) is 9.50. The van der Waals surface area contributed by atoms with E-state index in [2.05, 4.69) is 32.0 Å². The summed E-state index contributed by atoms with van der Waals surface area (Å²) < 4.78 is 5.45. The van der Waals surface area contributed by atoms with Crippen LogP contribution < -0.4 is 22.0 Å². The van der Waals surface area contributed by atoms with Gasteiger partial charge in [-0.15, -0.1) is 0 Å². The molecule has 1 saturated heterocycles. The van der Waals surface area contributed by atoms with Crippen molar-refractivity contribution in [2.75, 3.05) is 26.7 Å². The summed E-state index contributed by atoms with van der Waals surface area (Å²) in [6, 6.07) is 6.72. The van der Waals surface area contributed by atoms with E-state index in [0.29, 0.717) is 5.41 Å². The molecule has 0 radical (unpaired) electrons. The van der Waals surface area contributed by atoms with E-state index in [1.807, 2.05) is 4.90 Å². The fraction of sp³-hybridized carbons (Fsp3) is 0.714. The molecule has 3 rings (SSSR count). The molecular formula is C21H34ClNO. The third-order valence-corrected chi connectivity index (χ3v) is 5.99. The maximum atomic E-state index is 5.45. The number of nitrogens with one attached hydrogen (secondary N) is 1. The van der Waals surface area contributed by atoms with Crippen LogP contribution in [0.5, 0.6) is 5.75 Å². The number of ether oxygens (including phenoxy) is 1. The lowest BCUT2D eigenvalue weighted by molar-refractivity contribution is -0.912. The van der Waals surface area contributed by atoms with Crippen molar-refractivity contribution in [2.45, 2.75) is 64.7 Å². The minimum absolute atomic E-state index is 0. The van der Waals surface area contributed by atoms with Crippen molar-refractivity contribution >= 4 is 0 Å². The van der Waals surface area contributed by atoms with E-state index in [-0.39, 0.29) is 12.4 Å². The van der Waals surface area contributed by atoms with Gasteiger partial charge in [0.15, 0.2) is 0 Å². The molecule has 0 aromatic heterocycles. The summed E-state index contributed by atoms with van der Waals surface area (Å²) in [5.74, 6) is 1.78. The van der Waals surface area contributed by atoms with Crippen molar-refractivity contribution in [3.05, 3.63) is 29.3 Å². The standard InChI is InChI=1S/C21H33NO.ClH/c1-21(2)12-6-14-22(16-21)13-5-9-17-7-4-8-18-10-11-19(23-3)15-20(17)18;/h10-11,15,17H,4-9,12-14,16H2,1-3H3;1H. The Balaban J connectivity index is 0.00000208. The molecule has 2 aliphatic rings. The lowest BCUT2D eigenvalue weighted by Gasteiger charge is -2.35. The molecule has 2 unspecified atom stereocenters. The van der Waals surface area contributed by atoms with Gasteiger partial charge >= 0.3 is 0 Å². The second-order valence-corrected chi connectivity index (χ2v) is 8.49. The molecule has 0 spiro atoms. The molecule has 0 bridgehead atoms. The van der Waals surface area contributed by atoms with Crippen LogP contribution in [-0.2, 0) is 6.42 Å². The van der Waals surface area contributed by atoms with E-state index in [0.717, 1.165) is 11.7 Å². The summed E-state index contributed by atoms with van der Waals surface area (Å²) in [7, 11) is 1.78. The zero-order chi connectivity index (χ0) is 16.3. The smallest absolute Gasteiger partial charge is 0.119 e. The number of quaternary nitrogens is 1. The zero-order valence-corrected chi connectivity index (χ0v) is 16.4. The molecule has 0 amide bonds. The van der Waals surface area contributed by atoms with Gasteiger partial charge in [-0.25, -0.2) is 0 Å². The maximum absolute atomic E-state index is 5.45. The summed E-state index contributed by atoms with van der Waals surface area (Å²) in [5.41, 5.74) is 3.69. The van der Waals surface area contributed by atoms with Gasteiger partial charge < -0.3 is 22.0 Å². The minimum Gasteiger partial charge on any atom is -1.00 e. The summed E-state index contributed by atoms with van der Waals surface area (Å²) in [5, 5.41) is 0. The average Bonchev–Trinajstić information content (AvgIpc) is 2.54. The number of fused-ring (bicyclic) bond motifs is 1. The average molecular weight is 352 g/mol. The molecule has 1 aromatic carbocycles. The fourth-order valence-electron chi connectivity index (χ4n) is 4.78. The van der Waals surface area contributed by atoms with Gasteiger partial charge in [0.25, 0.3) is 0 Å². The van der Waals surface area contributed by atoms with Crippen molar-refractivity contribution in [3.8, 4) is 5.75 Å². The van der Waals surface area contributed by atoms with Crippen LogP contribution in [0, 0.1) is 5.41 Å². The molecule has 1 heterocycles. The Hall–Kier alpha value is -0.730. The Bertz CT molecular complexity index is 529. The van der Waals surface area contributed by atoms with Crippen molar-refractivity contribution < 1.29 is 22.0 Å². The second-order valence-electron chi connectivity index (χ2n) is 8.49. The van der Waals surface area contributed by atoms with Gasteiger partial charge in [0, 0.05) is 5.41 Å². The second kappa shape index (κ2) is 8.58. The molecule has 24 heavy (non-hydrogen) atoms. The molecule has 2 nitrogen and oxygen atoms in total. The van der Waals surface area contributed by atoms with Crippen LogP contribution >= 0.6 is 0 Å². The van der Waals surface area contributed by atoms with Crippen LogP contribution in [-0.4, -0.2) is 26.7 Å². The van der Waals surface area contributed by atoms with Crippen LogP contribution in [0.25, 0.3) is 0 Å². The van der Waals surface area contributed by atoms with E-state index in [1.165, 1.54) is 64.6 Å². The third-order valence-electron chi connectivity index (χ3n) is 5.99. The first-order valence-corrected chi connectivity index (χ1v) is 9.58. The molecule has 1 aromatic rings. The van der Waals surface area contributed by atoms with Gasteiger partial charge in [-0.2, -0.15) is 0 Å². The van der Waals surface area contributed by atoms with Crippen LogP contribution in [0.2, 0.25) is 0 Å². The number of methoxy groups -OCH3 is 1. The van der Waals surface area contributed by atoms with Gasteiger partial charge in [0.2, 0.25) is 0 Å². The van der Waals surface area contributed by atoms with Crippen LogP contribution in [0.1, 0.15) is 69.4 Å². The van der Waals surface area contributed by atoms with Gasteiger partial charge in [0.05, 0.1) is 26.7 Å². The topological polar surface area (TPSA) is 13.7 Å². The van der Waals surface area contributed by atoms with Crippen molar-refractivity contribution in [1.29, 1.82) is 0 Å². The van der Waals surface area contributed by atoms with Crippen LogP contribution in [0.3, 0.4) is 0 Å². The predicted molar refractivity (Wildman–Crippen MR) is 96.5 cm³/mol. The molecular weight excluding hydrogens is 318 g/mol. The molecule has 1 fully saturated rings. The van der Waals surface area contributed by atoms with Gasteiger partial charge in [-0.3, -0.25) is 0 Å². The molecule has 136 valence electrons. The van der Waals surface area contributed by atoms with Crippen molar-refractivity contribution in [2.24, 2.45) is 5.41 Å². The molecule has 1 aliphatic carbocycles. The quantitative estimate of drug-likeness (QED) is 0.820. The normalized spacial score (nSPS) is 25.5. The van der Waals surface area contributed by atoms with Crippen LogP contribution in [0.15, 0.2) is 18.2 Å². The van der Waals surface area contributed by atoms with Crippen molar-refractivity contribution in [1.82, 2.24) is 0 Å². The van der Waals surface area contributed by atoms with Gasteiger partial charge in [0.1, 0.15) is 5.75 Å². The molecule has 3 heteroatoms. The first-order valence-electron chi connectivity index (χ1n) is 9.58. The number of hydrogen-bond donors (Lipinski definition) is 1. The van der Waals surface area contributed by atoms with E-state index in [9.17, 15) is 0 Å². The number of likely N-dealkylation sites (tertiary alicyclic amines) is 1. The minimum atomic E-state index is 0. The van der Waals surface area contributed by atoms with E-state index in [1.54, 1.807) is 18.2 Å². The monoisotopic (exact) mass is 351 g/mol. The van der Waals surface area contributed by atoms with E-state index in [4.69, 9.17) is 4.74 Å². The number of benzene rings is 1.